The zero-order valence-corrected chi connectivity index (χ0v) is 91.4. The normalized spacial score (nSPS) is 27.2. The van der Waals surface area contributed by atoms with E-state index in [4.69, 9.17) is 31.6 Å². The van der Waals surface area contributed by atoms with Crippen LogP contribution in [0.2, 0.25) is 0 Å². The number of esters is 4. The van der Waals surface area contributed by atoms with Crippen LogP contribution in [-0.4, -0.2) is 121 Å². The van der Waals surface area contributed by atoms with E-state index in [9.17, 15) is 68.7 Å². The number of ketones is 3. The van der Waals surface area contributed by atoms with Gasteiger partial charge in [0.15, 0.2) is 28.6 Å². The van der Waals surface area contributed by atoms with E-state index in [0.29, 0.717) is 118 Å². The number of rotatable bonds is 17. The first-order valence-electron chi connectivity index (χ1n) is 45.0. The molecule has 33 heteroatoms. The molecule has 137 heavy (non-hydrogen) atoms. The third-order valence-corrected chi connectivity index (χ3v) is 41.7. The molecule has 1 aliphatic heterocycles. The maximum atomic E-state index is 13.2. The smallest absolute Gasteiger partial charge is 1.00 e. The quantitative estimate of drug-likeness (QED) is 0.0246. The first-order valence-corrected chi connectivity index (χ1v) is 57.8. The van der Waals surface area contributed by atoms with Crippen molar-refractivity contribution >= 4 is 101 Å². The van der Waals surface area contributed by atoms with Crippen molar-refractivity contribution in [2.45, 2.75) is 201 Å². The molecule has 25 rings (SSSR count). The number of thioether (sulfide) groups is 2. The molecule has 0 aromatic heterocycles. The van der Waals surface area contributed by atoms with Gasteiger partial charge in [-0.15, -0.1) is 36.2 Å². The van der Waals surface area contributed by atoms with Crippen LogP contribution in [0.4, 0.5) is 35.1 Å². The van der Waals surface area contributed by atoms with Crippen molar-refractivity contribution in [3.05, 3.63) is 278 Å². The SMILES string of the molecule is C.CC(F)(F)C(=O)OC12CC3CC(C1)C(=O)C(C3)C2.CC(F)(F)C(=O)OC12CC3CC(C1)C(=O)C(C3)C2.CC(F)(F)C(=O)OC12CC3CC(C1)C1(SCCS1)C(C3)C2.O=C(OC12CC3CC(C1)C(=O)C(C3)C2)[C-](F)F.O=S(=O)=O.SCCS.[Cl-].[Na+].c1ccc([I+]c2ccccc2)cc1.c1ccc([I+]c2ccccc2)cc1.c1ccc([I+]c2ccccc2)cc1.c1ccc([I+]c2ccccc2)cc1. The van der Waals surface area contributed by atoms with E-state index < -0.39 is 81.1 Å². The number of Topliss-reactive ketones (excluding diaryl/α,β-unsaturated/α-hetero) is 3. The van der Waals surface area contributed by atoms with E-state index in [-0.39, 0.29) is 187 Å². The third-order valence-electron chi connectivity index (χ3n) is 26.1. The fraction of sp³-hybridized carbons (Fsp3) is 0.462. The Labute approximate surface area is 890 Å². The van der Waals surface area contributed by atoms with E-state index in [1.54, 1.807) is 0 Å². The van der Waals surface area contributed by atoms with Crippen LogP contribution in [0, 0.1) is 106 Å². The maximum Gasteiger partial charge on any atom is 1.00 e. The Morgan fingerprint density at radius 1 is 0.350 bits per heavy atom. The van der Waals surface area contributed by atoms with Crippen LogP contribution in [0.3, 0.4) is 0 Å². The van der Waals surface area contributed by atoms with Gasteiger partial charge in [0.1, 0.15) is 39.8 Å². The standard InChI is InChI=1S/C15H20F2O2S2.2C13H16F2O3.C12H13F2O3.4C12H10I.C2H6S2.CH4.ClH.Na.O3S/c1-13(16,17)12(18)19-14-6-9-4-10(7-14)15(11(5-9)8-14)20-2-3-21-15;2*1-12(14,15)11(17)18-13-4-7-2-8(5-13)10(16)9(3-7)6-13;13-10(14)11(16)17-12-3-6-1-7(4-12)9(15)8(2-6)5-12;4*1-3-7-11(8-4-1)13-12-9-5-2-6-10-12;3-1-2-4;;;;1-4(2)3/h9-11H,2-8H2,1H3;2*7-9H,2-6H2,1H3;6-8H,1-5H2;4*1-10H;3-4H,1-2H2;1H4;1H;;/q;;;-1;4*+1;;;;+1;/p-1. The predicted octanol–water partition coefficient (Wildman–Crippen LogP) is 4.46. The van der Waals surface area contributed by atoms with Crippen LogP contribution in [0.1, 0.15) is 157 Å². The topological polar surface area (TPSA) is 208 Å². The summed E-state index contributed by atoms with van der Waals surface area (Å²) in [4.78, 5) is 81.1. The van der Waals surface area contributed by atoms with E-state index in [1.165, 1.54) is 52.9 Å². The molecular formula is C104H115ClF8I4NaO14S5+3. The maximum absolute atomic E-state index is 13.2. The minimum atomic E-state index is -3.45. The molecule has 8 atom stereocenters. The van der Waals surface area contributed by atoms with E-state index in [1.807, 2.05) is 0 Å². The summed E-state index contributed by atoms with van der Waals surface area (Å²) in [6.07, 6.45) is 12.1. The van der Waals surface area contributed by atoms with Crippen molar-refractivity contribution in [2.24, 2.45) is 71.0 Å². The Balaban J connectivity index is 0.000000174. The molecule has 16 saturated carbocycles. The summed E-state index contributed by atoms with van der Waals surface area (Å²) in [5.74, 6) is -8.86. The van der Waals surface area contributed by atoms with Crippen molar-refractivity contribution in [1.29, 1.82) is 0 Å². The van der Waals surface area contributed by atoms with Crippen molar-refractivity contribution in [1.82, 2.24) is 0 Å². The van der Waals surface area contributed by atoms with Crippen LogP contribution in [0.25, 0.3) is 0 Å². The van der Waals surface area contributed by atoms with Crippen LogP contribution in [-0.2, 0) is 63.1 Å². The summed E-state index contributed by atoms with van der Waals surface area (Å²) in [5.41, 5.74) is -2.96. The molecule has 1 saturated heterocycles. The van der Waals surface area contributed by atoms with E-state index in [2.05, 4.69) is 291 Å². The van der Waals surface area contributed by atoms with Crippen LogP contribution in [0.5, 0.6) is 0 Å². The molecule has 1 spiro atoms. The second kappa shape index (κ2) is 53.3. The largest absolute Gasteiger partial charge is 1.00 e. The van der Waals surface area contributed by atoms with Gasteiger partial charge in [-0.3, -0.25) is 19.2 Å². The number of carbonyl (C=O) groups excluding carboxylic acids is 7. The summed E-state index contributed by atoms with van der Waals surface area (Å²) < 4.78 is 161. The zero-order valence-electron chi connectivity index (χ0n) is 75.7. The summed E-state index contributed by atoms with van der Waals surface area (Å²) in [5, 5.41) is 0. The molecule has 16 bridgehead atoms. The van der Waals surface area contributed by atoms with Gasteiger partial charge in [-0.25, -0.2) is 14.4 Å². The number of halogens is 13. The average molecular weight is 2470 g/mol. The molecule has 0 N–H and O–H groups in total. The number of benzene rings is 8. The van der Waals surface area contributed by atoms with Gasteiger partial charge in [0.2, 0.25) is 5.97 Å². The molecule has 17 aliphatic rings. The van der Waals surface area contributed by atoms with Gasteiger partial charge < -0.3 is 40.1 Å². The summed E-state index contributed by atoms with van der Waals surface area (Å²) >= 11 is 12.0. The molecule has 8 aromatic carbocycles. The zero-order chi connectivity index (χ0) is 96.1. The predicted molar refractivity (Wildman–Crippen MR) is 495 cm³/mol. The summed E-state index contributed by atoms with van der Waals surface area (Å²) in [6.45, 7) is 1.75. The molecule has 8 unspecified atom stereocenters. The molecule has 1 heterocycles. The molecule has 0 radical (unpaired) electrons. The van der Waals surface area contributed by atoms with Crippen molar-refractivity contribution in [2.75, 3.05) is 23.0 Å². The molecule has 14 nitrogen and oxygen atoms in total. The number of ether oxygens (including phenoxy) is 4. The Hall–Kier alpha value is -4.81. The second-order valence-electron chi connectivity index (χ2n) is 36.6. The molecule has 16 aliphatic carbocycles. The fourth-order valence-electron chi connectivity index (χ4n) is 21.7. The van der Waals surface area contributed by atoms with Gasteiger partial charge in [-0.1, -0.05) is 153 Å². The van der Waals surface area contributed by atoms with Crippen molar-refractivity contribution in [3.8, 4) is 0 Å². The number of hydrogen-bond donors (Lipinski definition) is 2. The first-order chi connectivity index (χ1) is 63.8. The number of hydrogen-bond acceptors (Lipinski definition) is 18. The Bertz CT molecular complexity index is 4700. The number of alkyl halides is 6. The van der Waals surface area contributed by atoms with Gasteiger partial charge in [0, 0.05) is 74.2 Å². The van der Waals surface area contributed by atoms with Crippen LogP contribution in [0.15, 0.2) is 243 Å². The van der Waals surface area contributed by atoms with Crippen molar-refractivity contribution < 1.29 is 227 Å². The average Bonchev–Trinajstić information content (AvgIpc) is 1.57. The first kappa shape index (κ1) is 116. The number of carbonyl (C=O) groups is 7. The Morgan fingerprint density at radius 3 is 0.715 bits per heavy atom. The Kier molecular flexibility index (Phi) is 45.1. The molecule has 17 fully saturated rings. The van der Waals surface area contributed by atoms with Gasteiger partial charge in [0.05, 0.1) is 4.08 Å². The minimum absolute atomic E-state index is 0. The van der Waals surface area contributed by atoms with Gasteiger partial charge in [-0.2, -0.15) is 51.6 Å². The molecular weight excluding hydrogens is 2350 g/mol. The van der Waals surface area contributed by atoms with Crippen LogP contribution >= 0.6 is 48.8 Å². The van der Waals surface area contributed by atoms with Crippen LogP contribution < -0.4 is 127 Å². The molecule has 8 aromatic rings. The monoisotopic (exact) mass is 2470 g/mol. The molecule has 0 amide bonds. The van der Waals surface area contributed by atoms with E-state index in [0.717, 1.165) is 69.3 Å². The van der Waals surface area contributed by atoms with Crippen molar-refractivity contribution in [3.63, 3.8) is 0 Å². The minimum Gasteiger partial charge on any atom is -1.00 e. The third kappa shape index (κ3) is 33.6. The van der Waals surface area contributed by atoms with E-state index >= 15 is 0 Å². The van der Waals surface area contributed by atoms with Gasteiger partial charge >= 0.3 is 161 Å². The fourth-order valence-corrected chi connectivity index (χ4v) is 34.6. The summed E-state index contributed by atoms with van der Waals surface area (Å²) in [7, 11) is -3.11. The van der Waals surface area contributed by atoms with Gasteiger partial charge in [-0.05, 0) is 272 Å². The summed E-state index contributed by atoms with van der Waals surface area (Å²) in [6, 6.07) is 85.6. The molecule has 734 valence electrons. The number of thiol groups is 2. The Morgan fingerprint density at radius 2 is 0.533 bits per heavy atom. The second-order valence-corrected chi connectivity index (χ2v) is 53.0. The van der Waals surface area contributed by atoms with Gasteiger partial charge in [0.25, 0.3) is 0 Å².